The van der Waals surface area contributed by atoms with Gasteiger partial charge >= 0.3 is 5.69 Å². The zero-order valence-corrected chi connectivity index (χ0v) is 12.9. The number of rotatable bonds is 4. The van der Waals surface area contributed by atoms with E-state index in [1.165, 1.54) is 15.6 Å². The Morgan fingerprint density at radius 2 is 2.10 bits per heavy atom. The fourth-order valence-electron chi connectivity index (χ4n) is 2.27. The minimum absolute atomic E-state index is 0.126. The Bertz CT molecular complexity index is 642. The second kappa shape index (κ2) is 5.02. The molecular formula is C14H21N5O2. The number of hydrogen-bond donors (Lipinski definition) is 1. The molecule has 1 aromatic heterocycles. The molecule has 1 aromatic rings. The van der Waals surface area contributed by atoms with Crippen LogP contribution in [-0.4, -0.2) is 25.8 Å². The van der Waals surface area contributed by atoms with Gasteiger partial charge in [-0.3, -0.25) is 9.36 Å². The number of carbonyl (C=O) groups is 1. The fraction of sp³-hybridized carbons (Fsp3) is 0.714. The number of hydrogen-bond acceptors (Lipinski definition) is 4. The molecule has 1 atom stereocenters. The molecule has 0 radical (unpaired) electrons. The number of nitriles is 1. The lowest BCUT2D eigenvalue weighted by Gasteiger charge is -2.22. The standard InChI is InChI=1S/C14H21N5O2/c1-13(2,3)19-12(21)18(9-16-19)7-11(20)17-14(4,8-15)10-5-6-10/h9-10H,5-7H2,1-4H3,(H,17,20)/t14-/m0/s1. The molecule has 2 rings (SSSR count). The average Bonchev–Trinajstić information content (AvgIpc) is 3.15. The Balaban J connectivity index is 2.09. The SMILES string of the molecule is CC(C)(C)n1ncn(CC(=O)N[C@@](C)(C#N)C2CC2)c1=O. The quantitative estimate of drug-likeness (QED) is 0.879. The van der Waals surface area contributed by atoms with E-state index < -0.39 is 11.1 Å². The molecular weight excluding hydrogens is 270 g/mol. The minimum Gasteiger partial charge on any atom is -0.336 e. The molecule has 1 aliphatic carbocycles. The van der Waals surface area contributed by atoms with Crippen LogP contribution in [0.4, 0.5) is 0 Å². The highest BCUT2D eigenvalue weighted by molar-refractivity contribution is 5.77. The van der Waals surface area contributed by atoms with Crippen LogP contribution in [0.25, 0.3) is 0 Å². The van der Waals surface area contributed by atoms with Crippen molar-refractivity contribution in [1.29, 1.82) is 5.26 Å². The largest absolute Gasteiger partial charge is 0.346 e. The molecule has 0 spiro atoms. The first-order valence-electron chi connectivity index (χ1n) is 7.04. The minimum atomic E-state index is -0.847. The summed E-state index contributed by atoms with van der Waals surface area (Å²) in [6.07, 6.45) is 3.26. The lowest BCUT2D eigenvalue weighted by atomic mass is 9.98. The maximum atomic E-state index is 12.2. The van der Waals surface area contributed by atoms with Gasteiger partial charge in [0.15, 0.2) is 0 Å². The van der Waals surface area contributed by atoms with Gasteiger partial charge in [0.1, 0.15) is 18.4 Å². The summed E-state index contributed by atoms with van der Waals surface area (Å²) < 4.78 is 2.59. The van der Waals surface area contributed by atoms with E-state index in [-0.39, 0.29) is 24.1 Å². The van der Waals surface area contributed by atoms with Crippen LogP contribution in [0.3, 0.4) is 0 Å². The van der Waals surface area contributed by atoms with Crippen LogP contribution in [-0.2, 0) is 16.9 Å². The van der Waals surface area contributed by atoms with Crippen LogP contribution in [0.2, 0.25) is 0 Å². The Morgan fingerprint density at radius 3 is 2.52 bits per heavy atom. The molecule has 0 saturated heterocycles. The van der Waals surface area contributed by atoms with Gasteiger partial charge in [-0.15, -0.1) is 0 Å². The predicted molar refractivity (Wildman–Crippen MR) is 76.4 cm³/mol. The summed E-state index contributed by atoms with van der Waals surface area (Å²) in [6, 6.07) is 2.16. The summed E-state index contributed by atoms with van der Waals surface area (Å²) in [4.78, 5) is 24.2. The van der Waals surface area contributed by atoms with E-state index in [1.54, 1.807) is 6.92 Å². The van der Waals surface area contributed by atoms with Crippen molar-refractivity contribution in [2.45, 2.75) is 58.2 Å². The molecule has 1 amide bonds. The van der Waals surface area contributed by atoms with Crippen LogP contribution in [0.15, 0.2) is 11.1 Å². The lowest BCUT2D eigenvalue weighted by Crippen LogP contribution is -2.48. The molecule has 1 saturated carbocycles. The molecule has 21 heavy (non-hydrogen) atoms. The van der Waals surface area contributed by atoms with Crippen LogP contribution in [0, 0.1) is 17.2 Å². The summed E-state index contributed by atoms with van der Waals surface area (Å²) in [5, 5.41) is 16.0. The number of amides is 1. The Labute approximate surface area is 123 Å². The van der Waals surface area contributed by atoms with E-state index >= 15 is 0 Å². The summed E-state index contributed by atoms with van der Waals surface area (Å²) in [5.41, 5.74) is -1.61. The highest BCUT2D eigenvalue weighted by Crippen LogP contribution is 2.39. The second-order valence-corrected chi connectivity index (χ2v) is 6.76. The molecule has 7 heteroatoms. The van der Waals surface area contributed by atoms with Crippen LogP contribution >= 0.6 is 0 Å². The first kappa shape index (κ1) is 15.3. The summed E-state index contributed by atoms with van der Waals surface area (Å²) >= 11 is 0. The van der Waals surface area contributed by atoms with Crippen molar-refractivity contribution in [3.8, 4) is 6.07 Å². The summed E-state index contributed by atoms with van der Waals surface area (Å²) in [6.45, 7) is 7.20. The smallest absolute Gasteiger partial charge is 0.336 e. The molecule has 1 heterocycles. The van der Waals surface area contributed by atoms with Gasteiger partial charge in [0.05, 0.1) is 11.6 Å². The molecule has 0 aliphatic heterocycles. The monoisotopic (exact) mass is 291 g/mol. The molecule has 0 bridgehead atoms. The van der Waals surface area contributed by atoms with Gasteiger partial charge in [0.25, 0.3) is 0 Å². The molecule has 7 nitrogen and oxygen atoms in total. The van der Waals surface area contributed by atoms with Crippen molar-refractivity contribution >= 4 is 5.91 Å². The van der Waals surface area contributed by atoms with Gasteiger partial charge in [-0.25, -0.2) is 9.48 Å². The van der Waals surface area contributed by atoms with Crippen LogP contribution in [0.1, 0.15) is 40.5 Å². The fourth-order valence-corrected chi connectivity index (χ4v) is 2.27. The molecule has 1 fully saturated rings. The number of aromatic nitrogens is 3. The molecule has 114 valence electrons. The molecule has 1 N–H and O–H groups in total. The topological polar surface area (TPSA) is 92.7 Å². The first-order valence-corrected chi connectivity index (χ1v) is 7.04. The Kier molecular flexibility index (Phi) is 3.66. The lowest BCUT2D eigenvalue weighted by molar-refractivity contribution is -0.123. The van der Waals surface area contributed by atoms with Crippen molar-refractivity contribution in [3.63, 3.8) is 0 Å². The van der Waals surface area contributed by atoms with Gasteiger partial charge in [-0.2, -0.15) is 10.4 Å². The van der Waals surface area contributed by atoms with Crippen LogP contribution < -0.4 is 11.0 Å². The zero-order chi connectivity index (χ0) is 15.8. The van der Waals surface area contributed by atoms with E-state index in [2.05, 4.69) is 16.5 Å². The summed E-state index contributed by atoms with van der Waals surface area (Å²) in [5.74, 6) is -0.137. The zero-order valence-electron chi connectivity index (χ0n) is 12.9. The Morgan fingerprint density at radius 1 is 1.48 bits per heavy atom. The molecule has 1 aliphatic rings. The van der Waals surface area contributed by atoms with E-state index in [0.717, 1.165) is 12.8 Å². The van der Waals surface area contributed by atoms with Gasteiger partial charge in [-0.1, -0.05) is 0 Å². The van der Waals surface area contributed by atoms with Crippen LogP contribution in [0.5, 0.6) is 0 Å². The highest BCUT2D eigenvalue weighted by atomic mass is 16.2. The molecule has 0 aromatic carbocycles. The van der Waals surface area contributed by atoms with Gasteiger partial charge < -0.3 is 5.32 Å². The third-order valence-electron chi connectivity index (χ3n) is 3.71. The van der Waals surface area contributed by atoms with E-state index in [0.29, 0.717) is 0 Å². The first-order chi connectivity index (χ1) is 9.67. The van der Waals surface area contributed by atoms with Crippen molar-refractivity contribution in [2.24, 2.45) is 5.92 Å². The number of carbonyl (C=O) groups excluding carboxylic acids is 1. The van der Waals surface area contributed by atoms with Crippen molar-refractivity contribution in [2.75, 3.05) is 0 Å². The van der Waals surface area contributed by atoms with Gasteiger partial charge in [-0.05, 0) is 46.5 Å². The number of nitrogens with zero attached hydrogens (tertiary/aromatic N) is 4. The van der Waals surface area contributed by atoms with Gasteiger partial charge in [0.2, 0.25) is 5.91 Å². The predicted octanol–water partition coefficient (Wildman–Crippen LogP) is 0.608. The van der Waals surface area contributed by atoms with E-state index in [9.17, 15) is 14.9 Å². The summed E-state index contributed by atoms with van der Waals surface area (Å²) in [7, 11) is 0. The normalized spacial score (nSPS) is 17.9. The van der Waals surface area contributed by atoms with Gasteiger partial charge in [0, 0.05) is 0 Å². The van der Waals surface area contributed by atoms with E-state index in [1.807, 2.05) is 20.8 Å². The Hall–Kier alpha value is -2.10. The van der Waals surface area contributed by atoms with Crippen molar-refractivity contribution < 1.29 is 4.79 Å². The number of nitrogens with one attached hydrogen (secondary N) is 1. The second-order valence-electron chi connectivity index (χ2n) is 6.76. The van der Waals surface area contributed by atoms with E-state index in [4.69, 9.17) is 0 Å². The third-order valence-corrected chi connectivity index (χ3v) is 3.71. The molecule has 0 unspecified atom stereocenters. The highest BCUT2D eigenvalue weighted by Gasteiger charge is 2.43. The maximum absolute atomic E-state index is 12.2. The average molecular weight is 291 g/mol. The third kappa shape index (κ3) is 3.15. The van der Waals surface area contributed by atoms with Crippen molar-refractivity contribution in [3.05, 3.63) is 16.8 Å². The maximum Gasteiger partial charge on any atom is 0.346 e. The van der Waals surface area contributed by atoms with Crippen molar-refractivity contribution in [1.82, 2.24) is 19.7 Å².